The quantitative estimate of drug-likeness (QED) is 0.397. The summed E-state index contributed by atoms with van der Waals surface area (Å²) in [7, 11) is 0. The molecule has 0 radical (unpaired) electrons. The van der Waals surface area contributed by atoms with Crippen LogP contribution in [-0.4, -0.2) is 41.1 Å². The minimum absolute atomic E-state index is 0.0276. The summed E-state index contributed by atoms with van der Waals surface area (Å²) in [6, 6.07) is 15.8. The molecule has 210 valence electrons. The van der Waals surface area contributed by atoms with E-state index in [0.717, 1.165) is 17.4 Å². The van der Waals surface area contributed by atoms with Crippen molar-refractivity contribution >= 4 is 11.7 Å². The van der Waals surface area contributed by atoms with E-state index in [1.807, 2.05) is 26.8 Å². The molecule has 0 unspecified atom stereocenters. The largest absolute Gasteiger partial charge is 0.573 e. The Morgan fingerprint density at radius 3 is 2.00 bits per heavy atom. The van der Waals surface area contributed by atoms with Crippen molar-refractivity contribution in [3.8, 4) is 5.75 Å². The van der Waals surface area contributed by atoms with E-state index in [1.165, 1.54) is 36.8 Å². The predicted octanol–water partition coefficient (Wildman–Crippen LogP) is 7.79. The molecule has 1 aliphatic heterocycles. The lowest BCUT2D eigenvalue weighted by Crippen LogP contribution is -2.38. The second-order valence-corrected chi connectivity index (χ2v) is 8.50. The Balaban J connectivity index is 0.000000807. The molecule has 0 fully saturated rings. The Bertz CT molecular complexity index is 1010. The smallest absolute Gasteiger partial charge is 0.516 e. The van der Waals surface area contributed by atoms with Gasteiger partial charge in [0.25, 0.3) is 0 Å². The number of halogens is 3. The highest BCUT2D eigenvalue weighted by Gasteiger charge is 2.31. The van der Waals surface area contributed by atoms with Gasteiger partial charge in [-0.15, -0.1) is 13.2 Å². The van der Waals surface area contributed by atoms with E-state index in [2.05, 4.69) is 49.4 Å². The molecule has 5 nitrogen and oxygen atoms in total. The second kappa shape index (κ2) is 17.8. The third kappa shape index (κ3) is 13.7. The van der Waals surface area contributed by atoms with Gasteiger partial charge in [0.05, 0.1) is 12.7 Å². The Kier molecular flexibility index (Phi) is 16.2. The molecule has 2 aromatic carbocycles. The molecule has 1 aliphatic rings. The topological polar surface area (TPSA) is 66.8 Å². The molecular formula is C30H40F3NO4. The zero-order valence-electron chi connectivity index (χ0n) is 23.1. The SMILES string of the molecule is C=CO.CC.CC(=O)C1=C(C)CN(C(=O)Cc2ccc(OC(F)(F)F)cc2)CC1.CC(C)c1ccccc1. The van der Waals surface area contributed by atoms with E-state index in [-0.39, 0.29) is 23.9 Å². The number of ketones is 1. The highest BCUT2D eigenvalue weighted by atomic mass is 19.4. The molecule has 2 aromatic rings. The number of aliphatic hydroxyl groups is 1. The molecule has 0 atom stereocenters. The number of aliphatic hydroxyl groups excluding tert-OH is 1. The summed E-state index contributed by atoms with van der Waals surface area (Å²) >= 11 is 0. The summed E-state index contributed by atoms with van der Waals surface area (Å²) in [5.74, 6) is 0.244. The lowest BCUT2D eigenvalue weighted by Gasteiger charge is -2.29. The number of alkyl halides is 3. The highest BCUT2D eigenvalue weighted by Crippen LogP contribution is 2.23. The van der Waals surface area contributed by atoms with Crippen LogP contribution >= 0.6 is 0 Å². The summed E-state index contributed by atoms with van der Waals surface area (Å²) in [4.78, 5) is 25.4. The Morgan fingerprint density at radius 1 is 1.08 bits per heavy atom. The molecule has 1 amide bonds. The van der Waals surface area contributed by atoms with Gasteiger partial charge in [-0.3, -0.25) is 9.59 Å². The van der Waals surface area contributed by atoms with Gasteiger partial charge in [0, 0.05) is 13.1 Å². The zero-order chi connectivity index (χ0) is 29.3. The van der Waals surface area contributed by atoms with Gasteiger partial charge < -0.3 is 14.7 Å². The number of rotatable bonds is 5. The van der Waals surface area contributed by atoms with Crippen LogP contribution < -0.4 is 4.74 Å². The van der Waals surface area contributed by atoms with Crippen molar-refractivity contribution in [3.05, 3.63) is 89.7 Å². The Labute approximate surface area is 224 Å². The van der Waals surface area contributed by atoms with E-state index >= 15 is 0 Å². The van der Waals surface area contributed by atoms with Crippen LogP contribution in [0.3, 0.4) is 0 Å². The van der Waals surface area contributed by atoms with E-state index in [1.54, 1.807) is 4.90 Å². The van der Waals surface area contributed by atoms with Gasteiger partial charge in [0.15, 0.2) is 5.78 Å². The predicted molar refractivity (Wildman–Crippen MR) is 146 cm³/mol. The highest BCUT2D eigenvalue weighted by molar-refractivity contribution is 5.94. The Hall–Kier alpha value is -3.55. The summed E-state index contributed by atoms with van der Waals surface area (Å²) in [6.07, 6.45) is -3.36. The fourth-order valence-electron chi connectivity index (χ4n) is 3.54. The van der Waals surface area contributed by atoms with E-state index in [0.29, 0.717) is 31.0 Å². The van der Waals surface area contributed by atoms with Gasteiger partial charge in [-0.25, -0.2) is 0 Å². The molecule has 0 saturated heterocycles. The van der Waals surface area contributed by atoms with Crippen LogP contribution in [0.4, 0.5) is 13.2 Å². The summed E-state index contributed by atoms with van der Waals surface area (Å²) in [5.41, 5.74) is 3.68. The summed E-state index contributed by atoms with van der Waals surface area (Å²) < 4.78 is 40.1. The van der Waals surface area contributed by atoms with Crippen molar-refractivity contribution in [3.63, 3.8) is 0 Å². The number of carbonyl (C=O) groups excluding carboxylic acids is 2. The molecule has 1 N–H and O–H groups in total. The minimum atomic E-state index is -4.73. The first-order chi connectivity index (χ1) is 17.9. The maximum atomic E-state index is 12.3. The summed E-state index contributed by atoms with van der Waals surface area (Å²) in [6.45, 7) is 15.5. The lowest BCUT2D eigenvalue weighted by atomic mass is 9.97. The third-order valence-electron chi connectivity index (χ3n) is 5.33. The van der Waals surface area contributed by atoms with E-state index in [4.69, 9.17) is 5.11 Å². The first kappa shape index (κ1) is 34.5. The zero-order valence-corrected chi connectivity index (χ0v) is 23.1. The first-order valence-electron chi connectivity index (χ1n) is 12.5. The van der Waals surface area contributed by atoms with Gasteiger partial charge in [-0.2, -0.15) is 0 Å². The minimum Gasteiger partial charge on any atom is -0.516 e. The third-order valence-corrected chi connectivity index (χ3v) is 5.33. The van der Waals surface area contributed by atoms with E-state index < -0.39 is 6.36 Å². The normalized spacial score (nSPS) is 12.6. The number of ether oxygens (including phenoxy) is 1. The molecule has 0 spiro atoms. The molecule has 0 bridgehead atoms. The molecule has 38 heavy (non-hydrogen) atoms. The van der Waals surface area contributed by atoms with Crippen molar-refractivity contribution in [1.29, 1.82) is 0 Å². The molecule has 1 heterocycles. The first-order valence-corrected chi connectivity index (χ1v) is 12.5. The molecule has 0 saturated carbocycles. The number of hydrogen-bond donors (Lipinski definition) is 1. The monoisotopic (exact) mass is 535 g/mol. The molecular weight excluding hydrogens is 495 g/mol. The van der Waals surface area contributed by atoms with Crippen LogP contribution in [0.25, 0.3) is 0 Å². The molecule has 8 heteroatoms. The maximum absolute atomic E-state index is 12.3. The fraction of sp³-hybridized carbons (Fsp3) is 0.400. The van der Waals surface area contributed by atoms with Gasteiger partial charge in [0.1, 0.15) is 5.75 Å². The number of carbonyl (C=O) groups is 2. The lowest BCUT2D eigenvalue weighted by molar-refractivity contribution is -0.274. The number of amides is 1. The average Bonchev–Trinajstić information content (AvgIpc) is 2.86. The van der Waals surface area contributed by atoms with Crippen LogP contribution in [0.2, 0.25) is 0 Å². The van der Waals surface area contributed by atoms with Crippen molar-refractivity contribution in [2.75, 3.05) is 13.1 Å². The van der Waals surface area contributed by atoms with Crippen LogP contribution in [0.1, 0.15) is 65.0 Å². The van der Waals surface area contributed by atoms with Gasteiger partial charge in [-0.1, -0.05) is 76.7 Å². The fourth-order valence-corrected chi connectivity index (χ4v) is 3.54. The Morgan fingerprint density at radius 2 is 1.61 bits per heavy atom. The van der Waals surface area contributed by atoms with Crippen LogP contribution in [0, 0.1) is 0 Å². The molecule has 0 aromatic heterocycles. The molecule has 3 rings (SSSR count). The molecule has 0 aliphatic carbocycles. The van der Waals surface area contributed by atoms with Gasteiger partial charge in [0.2, 0.25) is 5.91 Å². The van der Waals surface area contributed by atoms with Gasteiger partial charge in [-0.05, 0) is 60.6 Å². The van der Waals surface area contributed by atoms with Crippen molar-refractivity contribution in [1.82, 2.24) is 4.90 Å². The second-order valence-electron chi connectivity index (χ2n) is 8.50. The number of nitrogens with zero attached hydrogens (tertiary/aromatic N) is 1. The van der Waals surface area contributed by atoms with Crippen molar-refractivity contribution in [2.24, 2.45) is 0 Å². The average molecular weight is 536 g/mol. The van der Waals surface area contributed by atoms with E-state index in [9.17, 15) is 22.8 Å². The van der Waals surface area contributed by atoms with Crippen molar-refractivity contribution < 1.29 is 32.6 Å². The maximum Gasteiger partial charge on any atom is 0.573 e. The number of benzene rings is 2. The number of Topliss-reactive ketones (excluding diaryl/α,β-unsaturated/α-hetero) is 1. The van der Waals surface area contributed by atoms with Gasteiger partial charge >= 0.3 is 6.36 Å². The van der Waals surface area contributed by atoms with Crippen LogP contribution in [-0.2, 0) is 16.0 Å². The van der Waals surface area contributed by atoms with Crippen molar-refractivity contribution in [2.45, 2.75) is 66.7 Å². The summed E-state index contributed by atoms with van der Waals surface area (Å²) in [5, 5.41) is 7.33. The van der Waals surface area contributed by atoms with Crippen LogP contribution in [0.15, 0.2) is 78.6 Å². The van der Waals surface area contributed by atoms with Crippen LogP contribution in [0.5, 0.6) is 5.75 Å². The number of hydrogen-bond acceptors (Lipinski definition) is 4. The standard InChI is InChI=1S/C17H18F3NO3.C9H12.C2H4O.C2H6/c1-11-10-21(8-7-15(11)12(2)22)16(23)9-13-3-5-14(6-4-13)24-17(18,19)20;1-8(2)9-6-4-3-5-7-9;1-2-3;1-2/h3-6H,7-10H2,1-2H3;3-8H,1-2H3;2-3H,1H2;1-2H3.